The van der Waals surface area contributed by atoms with Crippen LogP contribution in [0, 0.1) is 6.92 Å². The highest BCUT2D eigenvalue weighted by Crippen LogP contribution is 2.21. The van der Waals surface area contributed by atoms with Crippen LogP contribution in [-0.4, -0.2) is 22.6 Å². The van der Waals surface area contributed by atoms with E-state index in [1.807, 2.05) is 19.1 Å². The molecular weight excluding hydrogens is 324 g/mol. The number of anilines is 1. The Hall–Kier alpha value is -1.56. The molecule has 1 rings (SSSR count). The van der Waals surface area contributed by atoms with Crippen LogP contribution in [0.1, 0.15) is 32.3 Å². The molecule has 0 aliphatic carbocycles. The number of urea groups is 1. The van der Waals surface area contributed by atoms with E-state index >= 15 is 0 Å². The number of nitrogens with one attached hydrogen (secondary N) is 2. The number of aliphatic carboxylic acids is 1. The predicted octanol–water partition coefficient (Wildman–Crippen LogP) is 3.52. The van der Waals surface area contributed by atoms with Crippen molar-refractivity contribution in [2.45, 2.75) is 39.2 Å². The van der Waals surface area contributed by atoms with E-state index in [-0.39, 0.29) is 0 Å². The summed E-state index contributed by atoms with van der Waals surface area (Å²) in [5, 5.41) is 14.5. The number of benzene rings is 1. The molecule has 0 aliphatic rings. The number of hydrogen-bond acceptors (Lipinski definition) is 2. The number of rotatable bonds is 5. The molecule has 0 fully saturated rings. The molecule has 1 aromatic rings. The molecule has 20 heavy (non-hydrogen) atoms. The minimum absolute atomic E-state index is 0.325. The number of carboxylic acids is 1. The largest absolute Gasteiger partial charge is 0.480 e. The Bertz CT molecular complexity index is 513. The van der Waals surface area contributed by atoms with Gasteiger partial charge in [-0.1, -0.05) is 29.8 Å². The van der Waals surface area contributed by atoms with Crippen molar-refractivity contribution in [3.05, 3.63) is 28.2 Å². The van der Waals surface area contributed by atoms with Gasteiger partial charge in [0.2, 0.25) is 0 Å². The fraction of sp³-hybridized carbons (Fsp3) is 0.429. The van der Waals surface area contributed by atoms with Gasteiger partial charge in [-0.15, -0.1) is 0 Å². The zero-order chi connectivity index (χ0) is 15.3. The molecule has 0 heterocycles. The second-order valence-corrected chi connectivity index (χ2v) is 5.55. The lowest BCUT2D eigenvalue weighted by atomic mass is 9.93. The SMILES string of the molecule is CCC(CC)(NC(=O)Nc1ccc(Br)cc1C)C(=O)O. The molecule has 0 unspecified atom stereocenters. The Morgan fingerprint density at radius 1 is 1.30 bits per heavy atom. The lowest BCUT2D eigenvalue weighted by molar-refractivity contribution is -0.144. The lowest BCUT2D eigenvalue weighted by Crippen LogP contribution is -2.55. The van der Waals surface area contributed by atoms with Gasteiger partial charge in [-0.25, -0.2) is 9.59 Å². The number of aryl methyl sites for hydroxylation is 1. The highest BCUT2D eigenvalue weighted by Gasteiger charge is 2.36. The maximum Gasteiger partial charge on any atom is 0.329 e. The third-order valence-electron chi connectivity index (χ3n) is 3.41. The van der Waals surface area contributed by atoms with Crippen molar-refractivity contribution in [3.8, 4) is 0 Å². The molecule has 0 bridgehead atoms. The number of amides is 2. The van der Waals surface area contributed by atoms with Gasteiger partial charge in [-0.2, -0.15) is 0 Å². The van der Waals surface area contributed by atoms with Gasteiger partial charge in [-0.3, -0.25) is 0 Å². The summed E-state index contributed by atoms with van der Waals surface area (Å²) in [5.74, 6) is -1.02. The minimum atomic E-state index is -1.23. The van der Waals surface area contributed by atoms with Gasteiger partial charge >= 0.3 is 12.0 Å². The smallest absolute Gasteiger partial charge is 0.329 e. The molecule has 3 N–H and O–H groups in total. The Balaban J connectivity index is 2.83. The van der Waals surface area contributed by atoms with Crippen molar-refractivity contribution < 1.29 is 14.7 Å². The Morgan fingerprint density at radius 2 is 1.90 bits per heavy atom. The molecule has 5 nitrogen and oxygen atoms in total. The molecule has 0 saturated carbocycles. The molecule has 0 aliphatic heterocycles. The van der Waals surface area contributed by atoms with E-state index in [0.717, 1.165) is 10.0 Å². The van der Waals surface area contributed by atoms with Crippen molar-refractivity contribution in [2.24, 2.45) is 0 Å². The van der Waals surface area contributed by atoms with E-state index in [0.29, 0.717) is 18.5 Å². The monoisotopic (exact) mass is 342 g/mol. The third kappa shape index (κ3) is 3.72. The van der Waals surface area contributed by atoms with Crippen LogP contribution >= 0.6 is 15.9 Å². The molecule has 0 aromatic heterocycles. The summed E-state index contributed by atoms with van der Waals surface area (Å²) in [6.07, 6.45) is 0.650. The third-order valence-corrected chi connectivity index (χ3v) is 3.90. The molecule has 0 spiro atoms. The van der Waals surface area contributed by atoms with Crippen molar-refractivity contribution in [3.63, 3.8) is 0 Å². The topological polar surface area (TPSA) is 78.4 Å². The van der Waals surface area contributed by atoms with Gasteiger partial charge in [0.1, 0.15) is 5.54 Å². The number of carbonyl (C=O) groups is 2. The summed E-state index contributed by atoms with van der Waals surface area (Å²) < 4.78 is 0.919. The van der Waals surface area contributed by atoms with Gasteiger partial charge in [-0.05, 0) is 43.5 Å². The maximum absolute atomic E-state index is 12.0. The van der Waals surface area contributed by atoms with Gasteiger partial charge in [0.15, 0.2) is 0 Å². The van der Waals surface area contributed by atoms with Crippen molar-refractivity contribution >= 4 is 33.6 Å². The number of carboxylic acid groups (broad SMARTS) is 1. The molecule has 0 saturated heterocycles. The summed E-state index contributed by atoms with van der Waals surface area (Å²) in [5.41, 5.74) is 0.313. The zero-order valence-electron chi connectivity index (χ0n) is 11.8. The van der Waals surface area contributed by atoms with Crippen LogP contribution in [0.4, 0.5) is 10.5 Å². The first-order valence-electron chi connectivity index (χ1n) is 6.43. The fourth-order valence-corrected chi connectivity index (χ4v) is 2.40. The van der Waals surface area contributed by atoms with E-state index in [1.165, 1.54) is 0 Å². The van der Waals surface area contributed by atoms with Gasteiger partial charge in [0.05, 0.1) is 0 Å². The van der Waals surface area contributed by atoms with Crippen molar-refractivity contribution in [2.75, 3.05) is 5.32 Å². The molecule has 6 heteroatoms. The minimum Gasteiger partial charge on any atom is -0.480 e. The van der Waals surface area contributed by atoms with E-state index < -0.39 is 17.5 Å². The van der Waals surface area contributed by atoms with Crippen LogP contribution in [0.5, 0.6) is 0 Å². The molecule has 1 aromatic carbocycles. The number of carbonyl (C=O) groups excluding carboxylic acids is 1. The van der Waals surface area contributed by atoms with Crippen LogP contribution in [0.15, 0.2) is 22.7 Å². The first kappa shape index (κ1) is 16.5. The molecule has 0 radical (unpaired) electrons. The Labute approximate surface area is 126 Å². The van der Waals surface area contributed by atoms with E-state index in [9.17, 15) is 14.7 Å². The maximum atomic E-state index is 12.0. The first-order valence-corrected chi connectivity index (χ1v) is 7.22. The van der Waals surface area contributed by atoms with Crippen LogP contribution in [-0.2, 0) is 4.79 Å². The Morgan fingerprint density at radius 3 is 2.35 bits per heavy atom. The van der Waals surface area contributed by atoms with Crippen molar-refractivity contribution in [1.82, 2.24) is 5.32 Å². The predicted molar refractivity (Wildman–Crippen MR) is 82.0 cm³/mol. The van der Waals surface area contributed by atoms with Crippen LogP contribution < -0.4 is 10.6 Å². The molecule has 0 atom stereocenters. The molecule has 2 amide bonds. The standard InChI is InChI=1S/C14H19BrN2O3/c1-4-14(5-2,12(18)19)17-13(20)16-11-7-6-10(15)8-9(11)3/h6-8H,4-5H2,1-3H3,(H,18,19)(H2,16,17,20). The lowest BCUT2D eigenvalue weighted by Gasteiger charge is -2.28. The average molecular weight is 343 g/mol. The zero-order valence-corrected chi connectivity index (χ0v) is 13.4. The highest BCUT2D eigenvalue weighted by atomic mass is 79.9. The van der Waals surface area contributed by atoms with Gasteiger partial charge in [0, 0.05) is 10.2 Å². The molecular formula is C14H19BrN2O3. The quantitative estimate of drug-likeness (QED) is 0.765. The number of halogens is 1. The average Bonchev–Trinajstić information content (AvgIpc) is 2.39. The molecule has 110 valence electrons. The Kier molecular flexibility index (Phi) is 5.56. The fourth-order valence-electron chi connectivity index (χ4n) is 1.92. The second kappa shape index (κ2) is 6.74. The second-order valence-electron chi connectivity index (χ2n) is 4.63. The summed E-state index contributed by atoms with van der Waals surface area (Å²) in [6, 6.07) is 4.94. The summed E-state index contributed by atoms with van der Waals surface area (Å²) in [6.45, 7) is 5.34. The number of hydrogen-bond donors (Lipinski definition) is 3. The van der Waals surface area contributed by atoms with Crippen LogP contribution in [0.25, 0.3) is 0 Å². The van der Waals surface area contributed by atoms with Crippen LogP contribution in [0.3, 0.4) is 0 Å². The van der Waals surface area contributed by atoms with E-state index in [1.54, 1.807) is 19.9 Å². The highest BCUT2D eigenvalue weighted by molar-refractivity contribution is 9.10. The first-order chi connectivity index (χ1) is 9.34. The van der Waals surface area contributed by atoms with Crippen LogP contribution in [0.2, 0.25) is 0 Å². The summed E-state index contributed by atoms with van der Waals surface area (Å²) in [4.78, 5) is 23.3. The van der Waals surface area contributed by atoms with E-state index in [4.69, 9.17) is 0 Å². The van der Waals surface area contributed by atoms with Gasteiger partial charge < -0.3 is 15.7 Å². The normalized spacial score (nSPS) is 11.0. The summed E-state index contributed by atoms with van der Waals surface area (Å²) >= 11 is 3.35. The van der Waals surface area contributed by atoms with E-state index in [2.05, 4.69) is 26.6 Å². The summed E-state index contributed by atoms with van der Waals surface area (Å²) in [7, 11) is 0. The van der Waals surface area contributed by atoms with Crippen molar-refractivity contribution in [1.29, 1.82) is 0 Å². The van der Waals surface area contributed by atoms with Gasteiger partial charge in [0.25, 0.3) is 0 Å².